The SMILES string of the molecule is O=C(/C=C/c1ccccc1)N1CC2(CCNCC2)C1. The highest BCUT2D eigenvalue weighted by Crippen LogP contribution is 2.38. The largest absolute Gasteiger partial charge is 0.338 e. The lowest BCUT2D eigenvalue weighted by molar-refractivity contribution is -0.139. The fourth-order valence-electron chi connectivity index (χ4n) is 3.03. The second-order valence-electron chi connectivity index (χ2n) is 5.69. The molecule has 19 heavy (non-hydrogen) atoms. The molecule has 2 aliphatic heterocycles. The van der Waals surface area contributed by atoms with E-state index in [4.69, 9.17) is 0 Å². The van der Waals surface area contributed by atoms with Gasteiger partial charge in [-0.1, -0.05) is 30.3 Å². The van der Waals surface area contributed by atoms with Crippen LogP contribution in [0.5, 0.6) is 0 Å². The number of piperidine rings is 1. The van der Waals surface area contributed by atoms with Gasteiger partial charge in [0.15, 0.2) is 0 Å². The van der Waals surface area contributed by atoms with Gasteiger partial charge in [0.25, 0.3) is 0 Å². The van der Waals surface area contributed by atoms with Gasteiger partial charge in [0.1, 0.15) is 0 Å². The summed E-state index contributed by atoms with van der Waals surface area (Å²) < 4.78 is 0. The molecular formula is C16H20N2O. The number of likely N-dealkylation sites (tertiary alicyclic amines) is 1. The van der Waals surface area contributed by atoms with Gasteiger partial charge in [0.2, 0.25) is 5.91 Å². The van der Waals surface area contributed by atoms with Crippen LogP contribution >= 0.6 is 0 Å². The maximum atomic E-state index is 12.0. The van der Waals surface area contributed by atoms with Crippen LogP contribution in [0.3, 0.4) is 0 Å². The number of hydrogen-bond donors (Lipinski definition) is 1. The maximum Gasteiger partial charge on any atom is 0.246 e. The van der Waals surface area contributed by atoms with Crippen LogP contribution in [0.4, 0.5) is 0 Å². The zero-order chi connectivity index (χ0) is 13.1. The lowest BCUT2D eigenvalue weighted by Crippen LogP contribution is -2.61. The predicted octanol–water partition coefficient (Wildman–Crippen LogP) is 1.91. The third-order valence-electron chi connectivity index (χ3n) is 4.25. The number of nitrogens with zero attached hydrogens (tertiary/aromatic N) is 1. The number of carbonyl (C=O) groups is 1. The molecule has 0 radical (unpaired) electrons. The van der Waals surface area contributed by atoms with Crippen molar-refractivity contribution in [1.82, 2.24) is 10.2 Å². The molecular weight excluding hydrogens is 236 g/mol. The van der Waals surface area contributed by atoms with Crippen LogP contribution in [0.25, 0.3) is 6.08 Å². The summed E-state index contributed by atoms with van der Waals surface area (Å²) in [6.45, 7) is 4.07. The first-order chi connectivity index (χ1) is 9.27. The molecule has 1 spiro atoms. The van der Waals surface area contributed by atoms with Crippen LogP contribution < -0.4 is 5.32 Å². The smallest absolute Gasteiger partial charge is 0.246 e. The van der Waals surface area contributed by atoms with Crippen molar-refractivity contribution in [3.63, 3.8) is 0 Å². The summed E-state index contributed by atoms with van der Waals surface area (Å²) in [7, 11) is 0. The van der Waals surface area contributed by atoms with Crippen molar-refractivity contribution in [3.05, 3.63) is 42.0 Å². The van der Waals surface area contributed by atoms with Crippen molar-refractivity contribution in [3.8, 4) is 0 Å². The molecule has 3 nitrogen and oxygen atoms in total. The van der Waals surface area contributed by atoms with Gasteiger partial charge in [-0.05, 0) is 37.6 Å². The second-order valence-corrected chi connectivity index (χ2v) is 5.69. The van der Waals surface area contributed by atoms with E-state index in [9.17, 15) is 4.79 Å². The number of nitrogens with one attached hydrogen (secondary N) is 1. The van der Waals surface area contributed by atoms with Crippen LogP contribution in [-0.4, -0.2) is 37.0 Å². The zero-order valence-corrected chi connectivity index (χ0v) is 11.1. The van der Waals surface area contributed by atoms with E-state index < -0.39 is 0 Å². The van der Waals surface area contributed by atoms with E-state index >= 15 is 0 Å². The molecule has 1 amide bonds. The highest BCUT2D eigenvalue weighted by atomic mass is 16.2. The Morgan fingerprint density at radius 3 is 2.53 bits per heavy atom. The van der Waals surface area contributed by atoms with Gasteiger partial charge in [-0.25, -0.2) is 0 Å². The molecule has 2 fully saturated rings. The topological polar surface area (TPSA) is 32.3 Å². The maximum absolute atomic E-state index is 12.0. The van der Waals surface area contributed by atoms with Crippen LogP contribution in [0.1, 0.15) is 18.4 Å². The van der Waals surface area contributed by atoms with Crippen molar-refractivity contribution in [2.45, 2.75) is 12.8 Å². The summed E-state index contributed by atoms with van der Waals surface area (Å²) in [5, 5.41) is 3.38. The molecule has 2 saturated heterocycles. The van der Waals surface area contributed by atoms with Crippen LogP contribution in [0.2, 0.25) is 0 Å². The molecule has 2 aliphatic rings. The summed E-state index contributed by atoms with van der Waals surface area (Å²) in [5.74, 6) is 0.146. The molecule has 0 aromatic heterocycles. The van der Waals surface area contributed by atoms with Gasteiger partial charge in [-0.3, -0.25) is 4.79 Å². The molecule has 2 heterocycles. The van der Waals surface area contributed by atoms with E-state index in [-0.39, 0.29) is 5.91 Å². The van der Waals surface area contributed by atoms with E-state index in [0.29, 0.717) is 5.41 Å². The molecule has 0 unspecified atom stereocenters. The van der Waals surface area contributed by atoms with Gasteiger partial charge >= 0.3 is 0 Å². The Hall–Kier alpha value is -1.61. The number of amides is 1. The Balaban J connectivity index is 1.54. The monoisotopic (exact) mass is 256 g/mol. The van der Waals surface area contributed by atoms with Crippen molar-refractivity contribution < 1.29 is 4.79 Å². The third-order valence-corrected chi connectivity index (χ3v) is 4.25. The summed E-state index contributed by atoms with van der Waals surface area (Å²) in [5.41, 5.74) is 1.49. The minimum Gasteiger partial charge on any atom is -0.338 e. The quantitative estimate of drug-likeness (QED) is 0.820. The Morgan fingerprint density at radius 1 is 1.16 bits per heavy atom. The van der Waals surface area contributed by atoms with Gasteiger partial charge in [0, 0.05) is 24.6 Å². The highest BCUT2D eigenvalue weighted by Gasteiger charge is 2.44. The second kappa shape index (κ2) is 5.17. The lowest BCUT2D eigenvalue weighted by atomic mass is 9.72. The molecule has 0 saturated carbocycles. The fraction of sp³-hybridized carbons (Fsp3) is 0.438. The molecule has 3 rings (SSSR count). The van der Waals surface area contributed by atoms with Crippen molar-refractivity contribution in [2.24, 2.45) is 5.41 Å². The Labute approximate surface area is 114 Å². The number of carbonyl (C=O) groups excluding carboxylic acids is 1. The minimum absolute atomic E-state index is 0.146. The highest BCUT2D eigenvalue weighted by molar-refractivity contribution is 5.92. The van der Waals surface area contributed by atoms with Gasteiger partial charge in [-0.2, -0.15) is 0 Å². The third kappa shape index (κ3) is 2.71. The minimum atomic E-state index is 0.146. The average Bonchev–Trinajstić information content (AvgIpc) is 2.44. The molecule has 1 N–H and O–H groups in total. The summed E-state index contributed by atoms with van der Waals surface area (Å²) in [6, 6.07) is 9.97. The first-order valence-electron chi connectivity index (χ1n) is 7.00. The zero-order valence-electron chi connectivity index (χ0n) is 11.1. The van der Waals surface area contributed by atoms with E-state index in [1.54, 1.807) is 6.08 Å². The number of benzene rings is 1. The predicted molar refractivity (Wildman–Crippen MR) is 76.6 cm³/mol. The van der Waals surface area contributed by atoms with Crippen molar-refractivity contribution in [2.75, 3.05) is 26.2 Å². The fourth-order valence-corrected chi connectivity index (χ4v) is 3.03. The molecule has 0 bridgehead atoms. The van der Waals surface area contributed by atoms with Crippen molar-refractivity contribution >= 4 is 12.0 Å². The van der Waals surface area contributed by atoms with Crippen LogP contribution in [0, 0.1) is 5.41 Å². The van der Waals surface area contributed by atoms with E-state index in [1.165, 1.54) is 12.8 Å². The lowest BCUT2D eigenvalue weighted by Gasteiger charge is -2.52. The average molecular weight is 256 g/mol. The molecule has 0 atom stereocenters. The van der Waals surface area contributed by atoms with Crippen LogP contribution in [-0.2, 0) is 4.79 Å². The Morgan fingerprint density at radius 2 is 1.84 bits per heavy atom. The Kier molecular flexibility index (Phi) is 3.38. The molecule has 100 valence electrons. The molecule has 1 aromatic rings. The molecule has 3 heteroatoms. The molecule has 0 aliphatic carbocycles. The van der Waals surface area contributed by atoms with E-state index in [1.807, 2.05) is 41.3 Å². The summed E-state index contributed by atoms with van der Waals surface area (Å²) in [4.78, 5) is 14.0. The van der Waals surface area contributed by atoms with Gasteiger partial charge in [0.05, 0.1) is 0 Å². The van der Waals surface area contributed by atoms with Gasteiger partial charge in [-0.15, -0.1) is 0 Å². The van der Waals surface area contributed by atoms with Crippen LogP contribution in [0.15, 0.2) is 36.4 Å². The number of rotatable bonds is 2. The van der Waals surface area contributed by atoms with E-state index in [2.05, 4.69) is 5.32 Å². The standard InChI is InChI=1S/C16H20N2O/c19-15(7-6-14-4-2-1-3-5-14)18-12-16(13-18)8-10-17-11-9-16/h1-7,17H,8-13H2/b7-6+. The van der Waals surface area contributed by atoms with E-state index in [0.717, 1.165) is 31.7 Å². The molecule has 1 aromatic carbocycles. The normalized spacial score (nSPS) is 21.6. The van der Waals surface area contributed by atoms with Gasteiger partial charge < -0.3 is 10.2 Å². The Bertz CT molecular complexity index is 467. The first kappa shape index (κ1) is 12.4. The summed E-state index contributed by atoms with van der Waals surface area (Å²) >= 11 is 0. The first-order valence-corrected chi connectivity index (χ1v) is 7.00. The van der Waals surface area contributed by atoms with Crippen molar-refractivity contribution in [1.29, 1.82) is 0 Å². The number of hydrogen-bond acceptors (Lipinski definition) is 2. The summed E-state index contributed by atoms with van der Waals surface area (Å²) in [6.07, 6.45) is 6.01.